The first-order valence-corrected chi connectivity index (χ1v) is 6.02. The molecule has 0 saturated carbocycles. The van der Waals surface area contributed by atoms with Gasteiger partial charge in [0, 0.05) is 24.5 Å². The molecule has 82 valence electrons. The summed E-state index contributed by atoms with van der Waals surface area (Å²) >= 11 is 0. The molecule has 3 aliphatic rings. The van der Waals surface area contributed by atoms with E-state index in [1.807, 2.05) is 0 Å². The topological polar surface area (TPSA) is 12.5 Å². The highest BCUT2D eigenvalue weighted by molar-refractivity contribution is 5.30. The average molecular weight is 205 g/mol. The summed E-state index contributed by atoms with van der Waals surface area (Å²) in [5.74, 6) is 0.645. The first-order valence-electron chi connectivity index (χ1n) is 6.02. The van der Waals surface area contributed by atoms with Crippen LogP contribution in [0.3, 0.4) is 0 Å². The van der Waals surface area contributed by atoms with Crippen LogP contribution in [0.25, 0.3) is 0 Å². The Kier molecular flexibility index (Phi) is 2.22. The maximum atomic E-state index is 5.90. The minimum Gasteiger partial charge on any atom is -0.376 e. The van der Waals surface area contributed by atoms with Crippen LogP contribution in [0, 0.1) is 5.92 Å². The Morgan fingerprint density at radius 3 is 3.13 bits per heavy atom. The van der Waals surface area contributed by atoms with Gasteiger partial charge in [-0.15, -0.1) is 0 Å². The zero-order chi connectivity index (χ0) is 10.4. The fraction of sp³-hybridized carbons (Fsp3) is 0.692. The van der Waals surface area contributed by atoms with Crippen LogP contribution in [-0.4, -0.2) is 36.2 Å². The van der Waals surface area contributed by atoms with Crippen molar-refractivity contribution >= 4 is 0 Å². The number of ether oxygens (including phenoxy) is 1. The van der Waals surface area contributed by atoms with E-state index in [2.05, 4.69) is 37.0 Å². The summed E-state index contributed by atoms with van der Waals surface area (Å²) in [5.41, 5.74) is 1.61. The molecule has 2 nitrogen and oxygen atoms in total. The lowest BCUT2D eigenvalue weighted by Gasteiger charge is -2.34. The van der Waals surface area contributed by atoms with E-state index in [0.29, 0.717) is 24.1 Å². The lowest BCUT2D eigenvalue weighted by molar-refractivity contribution is 0.0198. The van der Waals surface area contributed by atoms with Crippen LogP contribution in [0.15, 0.2) is 23.8 Å². The van der Waals surface area contributed by atoms with Gasteiger partial charge in [-0.3, -0.25) is 4.90 Å². The number of likely N-dealkylation sites (tertiary alicyclic amines) is 1. The smallest absolute Gasteiger partial charge is 0.0785 e. The molecule has 1 aliphatic carbocycles. The summed E-state index contributed by atoms with van der Waals surface area (Å²) in [6.45, 7) is 6.58. The molecule has 3 rings (SSSR count). The third-order valence-corrected chi connectivity index (χ3v) is 3.97. The van der Waals surface area contributed by atoms with Gasteiger partial charge in [0.1, 0.15) is 0 Å². The van der Waals surface area contributed by atoms with Crippen molar-refractivity contribution in [2.75, 3.05) is 13.2 Å². The number of allylic oxidation sites excluding steroid dienone is 2. The summed E-state index contributed by atoms with van der Waals surface area (Å²) in [7, 11) is 0. The number of hydrogen-bond donors (Lipinski definition) is 0. The van der Waals surface area contributed by atoms with Gasteiger partial charge in [-0.1, -0.05) is 23.8 Å². The third kappa shape index (κ3) is 1.39. The molecule has 0 spiro atoms. The molecule has 15 heavy (non-hydrogen) atoms. The second-order valence-corrected chi connectivity index (χ2v) is 5.09. The van der Waals surface area contributed by atoms with Crippen LogP contribution in [0.5, 0.6) is 0 Å². The highest BCUT2D eigenvalue weighted by atomic mass is 16.5. The number of nitrogens with zero attached hydrogens (tertiary/aromatic N) is 1. The van der Waals surface area contributed by atoms with Gasteiger partial charge in [0.25, 0.3) is 0 Å². The van der Waals surface area contributed by atoms with E-state index in [1.165, 1.54) is 0 Å². The maximum absolute atomic E-state index is 5.90. The van der Waals surface area contributed by atoms with E-state index in [4.69, 9.17) is 4.74 Å². The van der Waals surface area contributed by atoms with Gasteiger partial charge >= 0.3 is 0 Å². The average Bonchev–Trinajstić information content (AvgIpc) is 2.61. The minimum absolute atomic E-state index is 0.447. The molecule has 0 radical (unpaired) electrons. The van der Waals surface area contributed by atoms with E-state index in [0.717, 1.165) is 19.6 Å². The second kappa shape index (κ2) is 3.46. The van der Waals surface area contributed by atoms with E-state index in [-0.39, 0.29) is 0 Å². The third-order valence-electron chi connectivity index (χ3n) is 3.97. The molecule has 0 amide bonds. The van der Waals surface area contributed by atoms with Gasteiger partial charge in [-0.2, -0.15) is 0 Å². The van der Waals surface area contributed by atoms with Crippen molar-refractivity contribution < 1.29 is 4.74 Å². The molecule has 0 aromatic heterocycles. The van der Waals surface area contributed by atoms with Crippen LogP contribution in [0.4, 0.5) is 0 Å². The van der Waals surface area contributed by atoms with Crippen molar-refractivity contribution in [3.63, 3.8) is 0 Å². The van der Waals surface area contributed by atoms with Gasteiger partial charge < -0.3 is 4.74 Å². The van der Waals surface area contributed by atoms with E-state index in [1.54, 1.807) is 5.57 Å². The lowest BCUT2D eigenvalue weighted by atomic mass is 9.83. The van der Waals surface area contributed by atoms with Crippen LogP contribution < -0.4 is 0 Å². The first kappa shape index (κ1) is 9.61. The van der Waals surface area contributed by atoms with Crippen LogP contribution in [0.1, 0.15) is 20.3 Å². The quantitative estimate of drug-likeness (QED) is 0.649. The molecule has 3 unspecified atom stereocenters. The SMILES string of the molecule is CC(C)N1CC2OCCC3=CC=CC1C32. The van der Waals surface area contributed by atoms with Gasteiger partial charge in [0.2, 0.25) is 0 Å². The molecule has 0 N–H and O–H groups in total. The Balaban J connectivity index is 1.93. The second-order valence-electron chi connectivity index (χ2n) is 5.09. The van der Waals surface area contributed by atoms with Gasteiger partial charge in [-0.25, -0.2) is 0 Å². The van der Waals surface area contributed by atoms with Crippen molar-refractivity contribution in [3.8, 4) is 0 Å². The highest BCUT2D eigenvalue weighted by Crippen LogP contribution is 2.40. The Bertz CT molecular complexity index is 318. The lowest BCUT2D eigenvalue weighted by Crippen LogP contribution is -2.38. The monoisotopic (exact) mass is 205 g/mol. The molecule has 0 aromatic rings. The summed E-state index contributed by atoms with van der Waals surface area (Å²) < 4.78 is 5.90. The van der Waals surface area contributed by atoms with Gasteiger partial charge in [0.05, 0.1) is 12.7 Å². The largest absolute Gasteiger partial charge is 0.376 e. The van der Waals surface area contributed by atoms with Crippen molar-refractivity contribution in [2.45, 2.75) is 38.5 Å². The van der Waals surface area contributed by atoms with Crippen LogP contribution >= 0.6 is 0 Å². The first-order chi connectivity index (χ1) is 7.27. The maximum Gasteiger partial charge on any atom is 0.0785 e. The Morgan fingerprint density at radius 1 is 1.47 bits per heavy atom. The van der Waals surface area contributed by atoms with Gasteiger partial charge in [-0.05, 0) is 20.3 Å². The Morgan fingerprint density at radius 2 is 2.33 bits per heavy atom. The van der Waals surface area contributed by atoms with Crippen molar-refractivity contribution in [1.29, 1.82) is 0 Å². The normalized spacial score (nSPS) is 39.4. The molecular weight excluding hydrogens is 186 g/mol. The molecule has 2 saturated heterocycles. The summed E-state index contributed by atoms with van der Waals surface area (Å²) in [6, 6.07) is 1.21. The zero-order valence-electron chi connectivity index (χ0n) is 9.52. The molecule has 0 aromatic carbocycles. The van der Waals surface area contributed by atoms with Crippen molar-refractivity contribution in [3.05, 3.63) is 23.8 Å². The summed E-state index contributed by atoms with van der Waals surface area (Å²) in [5, 5.41) is 0. The Hall–Kier alpha value is -0.600. The predicted molar refractivity (Wildman–Crippen MR) is 60.7 cm³/mol. The van der Waals surface area contributed by atoms with E-state index in [9.17, 15) is 0 Å². The predicted octanol–water partition coefficient (Wildman–Crippen LogP) is 1.98. The van der Waals surface area contributed by atoms with Crippen molar-refractivity contribution in [1.82, 2.24) is 4.90 Å². The number of rotatable bonds is 1. The molecular formula is C13H19NO. The molecule has 2 heterocycles. The molecule has 0 bridgehead atoms. The Labute approximate surface area is 91.6 Å². The standard InChI is InChI=1S/C13H19NO/c1-9(2)14-8-12-13-10(6-7-15-12)4-3-5-11(13)14/h3-5,9,11-13H,6-8H2,1-2H3. The van der Waals surface area contributed by atoms with Crippen LogP contribution in [-0.2, 0) is 4.74 Å². The molecule has 2 aliphatic heterocycles. The summed E-state index contributed by atoms with van der Waals surface area (Å²) in [6.07, 6.45) is 8.47. The van der Waals surface area contributed by atoms with E-state index >= 15 is 0 Å². The fourth-order valence-corrected chi connectivity index (χ4v) is 3.25. The minimum atomic E-state index is 0.447. The molecule has 2 fully saturated rings. The highest BCUT2D eigenvalue weighted by Gasteiger charge is 2.46. The molecule has 3 atom stereocenters. The fourth-order valence-electron chi connectivity index (χ4n) is 3.25. The van der Waals surface area contributed by atoms with Crippen LogP contribution in [0.2, 0.25) is 0 Å². The van der Waals surface area contributed by atoms with E-state index < -0.39 is 0 Å². The van der Waals surface area contributed by atoms with Gasteiger partial charge in [0.15, 0.2) is 0 Å². The molecule has 2 heteroatoms. The number of hydrogen-bond acceptors (Lipinski definition) is 2. The van der Waals surface area contributed by atoms with Crippen molar-refractivity contribution in [2.24, 2.45) is 5.92 Å². The zero-order valence-corrected chi connectivity index (χ0v) is 9.52. The summed E-state index contributed by atoms with van der Waals surface area (Å²) in [4.78, 5) is 2.57.